The van der Waals surface area contributed by atoms with E-state index >= 15 is 0 Å². The van der Waals surface area contributed by atoms with Crippen LogP contribution >= 0.6 is 0 Å². The summed E-state index contributed by atoms with van der Waals surface area (Å²) in [5.41, 5.74) is 2.64. The molecule has 0 unspecified atom stereocenters. The van der Waals surface area contributed by atoms with Crippen molar-refractivity contribution in [2.24, 2.45) is 0 Å². The van der Waals surface area contributed by atoms with Gasteiger partial charge in [-0.1, -0.05) is 11.8 Å². The lowest BCUT2D eigenvalue weighted by Crippen LogP contribution is -2.28. The average molecular weight is 246 g/mol. The van der Waals surface area contributed by atoms with Crippen LogP contribution in [0.15, 0.2) is 18.2 Å². The Kier molecular flexibility index (Phi) is 5.75. The number of nitrogens with one attached hydrogen (secondary N) is 2. The highest BCUT2D eigenvalue weighted by Crippen LogP contribution is 2.14. The summed E-state index contributed by atoms with van der Waals surface area (Å²) in [5, 5.41) is 14.1. The summed E-state index contributed by atoms with van der Waals surface area (Å²) < 4.78 is 0. The van der Waals surface area contributed by atoms with Crippen LogP contribution in [0.3, 0.4) is 0 Å². The molecule has 0 aliphatic rings. The summed E-state index contributed by atoms with van der Waals surface area (Å²) in [6.45, 7) is 4.47. The van der Waals surface area contributed by atoms with Gasteiger partial charge in [0.05, 0.1) is 6.61 Å². The van der Waals surface area contributed by atoms with Crippen LogP contribution in [0, 0.1) is 18.8 Å². The van der Waals surface area contributed by atoms with Crippen molar-refractivity contribution in [2.45, 2.75) is 20.3 Å². The number of carbonyl (C=O) groups excluding carboxylic acids is 1. The zero-order chi connectivity index (χ0) is 13.4. The lowest BCUT2D eigenvalue weighted by molar-refractivity contribution is 0.252. The molecular formula is C14H18N2O2. The maximum absolute atomic E-state index is 11.3. The van der Waals surface area contributed by atoms with Crippen LogP contribution in [0.1, 0.15) is 24.5 Å². The molecule has 0 fully saturated rings. The second-order valence-corrected chi connectivity index (χ2v) is 3.79. The van der Waals surface area contributed by atoms with Gasteiger partial charge in [-0.05, 0) is 37.6 Å². The molecule has 2 amide bonds. The first kappa shape index (κ1) is 14.1. The summed E-state index contributed by atoms with van der Waals surface area (Å²) >= 11 is 0. The minimum absolute atomic E-state index is 0.0723. The smallest absolute Gasteiger partial charge is 0.319 e. The van der Waals surface area contributed by atoms with E-state index in [1.165, 1.54) is 0 Å². The number of aliphatic hydroxyl groups is 1. The molecule has 0 radical (unpaired) electrons. The van der Waals surface area contributed by atoms with Crippen molar-refractivity contribution in [1.29, 1.82) is 0 Å². The van der Waals surface area contributed by atoms with E-state index in [4.69, 9.17) is 5.11 Å². The second-order valence-electron chi connectivity index (χ2n) is 3.79. The zero-order valence-corrected chi connectivity index (χ0v) is 10.7. The third kappa shape index (κ3) is 4.48. The fraction of sp³-hybridized carbons (Fsp3) is 0.357. The van der Waals surface area contributed by atoms with E-state index in [0.29, 0.717) is 13.0 Å². The molecule has 4 nitrogen and oxygen atoms in total. The number of aryl methyl sites for hydroxylation is 1. The summed E-state index contributed by atoms with van der Waals surface area (Å²) in [7, 11) is 0. The Morgan fingerprint density at radius 1 is 1.44 bits per heavy atom. The fourth-order valence-corrected chi connectivity index (χ4v) is 1.43. The van der Waals surface area contributed by atoms with E-state index in [1.807, 2.05) is 32.0 Å². The summed E-state index contributed by atoms with van der Waals surface area (Å²) in [6, 6.07) is 5.33. The predicted octanol–water partition coefficient (Wildman–Crippen LogP) is 1.87. The molecule has 1 aromatic rings. The van der Waals surface area contributed by atoms with Crippen LogP contribution in [0.5, 0.6) is 0 Å². The summed E-state index contributed by atoms with van der Waals surface area (Å²) in [5.74, 6) is 5.85. The second kappa shape index (κ2) is 7.36. The van der Waals surface area contributed by atoms with Crippen LogP contribution in [0.2, 0.25) is 0 Å². The molecule has 0 saturated heterocycles. The van der Waals surface area contributed by atoms with Crippen molar-refractivity contribution in [2.75, 3.05) is 18.5 Å². The maximum atomic E-state index is 11.3. The van der Waals surface area contributed by atoms with Crippen LogP contribution in [0.25, 0.3) is 0 Å². The first-order chi connectivity index (χ1) is 8.67. The van der Waals surface area contributed by atoms with Crippen molar-refractivity contribution in [3.63, 3.8) is 0 Å². The quantitative estimate of drug-likeness (QED) is 0.713. The van der Waals surface area contributed by atoms with Gasteiger partial charge in [-0.2, -0.15) is 0 Å². The van der Waals surface area contributed by atoms with Crippen molar-refractivity contribution >= 4 is 11.7 Å². The third-order valence-electron chi connectivity index (χ3n) is 2.28. The first-order valence-electron chi connectivity index (χ1n) is 5.92. The molecule has 0 aliphatic heterocycles. The van der Waals surface area contributed by atoms with E-state index < -0.39 is 0 Å². The van der Waals surface area contributed by atoms with Gasteiger partial charge in [0.2, 0.25) is 0 Å². The Balaban J connectivity index is 2.74. The third-order valence-corrected chi connectivity index (χ3v) is 2.28. The SMILES string of the molecule is CCNC(=O)Nc1ccc(C#CCCO)c(C)c1. The molecule has 0 bridgehead atoms. The largest absolute Gasteiger partial charge is 0.395 e. The number of aliphatic hydroxyl groups excluding tert-OH is 1. The van der Waals surface area contributed by atoms with Crippen LogP contribution in [0.4, 0.5) is 10.5 Å². The van der Waals surface area contributed by atoms with E-state index in [0.717, 1.165) is 16.8 Å². The number of carbonyl (C=O) groups is 1. The fourth-order valence-electron chi connectivity index (χ4n) is 1.43. The lowest BCUT2D eigenvalue weighted by Gasteiger charge is -2.07. The number of anilines is 1. The number of hydrogen-bond acceptors (Lipinski definition) is 2. The van der Waals surface area contributed by atoms with E-state index in [2.05, 4.69) is 22.5 Å². The van der Waals surface area contributed by atoms with Gasteiger partial charge in [0.1, 0.15) is 0 Å². The molecule has 96 valence electrons. The molecule has 0 aliphatic carbocycles. The molecule has 1 aromatic carbocycles. The molecular weight excluding hydrogens is 228 g/mol. The van der Waals surface area contributed by atoms with Gasteiger partial charge >= 0.3 is 6.03 Å². The molecule has 18 heavy (non-hydrogen) atoms. The Morgan fingerprint density at radius 3 is 2.83 bits per heavy atom. The zero-order valence-electron chi connectivity index (χ0n) is 10.7. The molecule has 0 saturated carbocycles. The molecule has 0 spiro atoms. The molecule has 1 rings (SSSR count). The van der Waals surface area contributed by atoms with Gasteiger partial charge < -0.3 is 15.7 Å². The molecule has 0 atom stereocenters. The molecule has 0 heterocycles. The van der Waals surface area contributed by atoms with Crippen molar-refractivity contribution in [1.82, 2.24) is 5.32 Å². The number of benzene rings is 1. The van der Waals surface area contributed by atoms with Crippen LogP contribution in [-0.4, -0.2) is 24.3 Å². The minimum Gasteiger partial charge on any atom is -0.395 e. The van der Waals surface area contributed by atoms with E-state index in [9.17, 15) is 4.79 Å². The lowest BCUT2D eigenvalue weighted by atomic mass is 10.1. The number of hydrogen-bond donors (Lipinski definition) is 3. The maximum Gasteiger partial charge on any atom is 0.319 e. The van der Waals surface area contributed by atoms with Crippen LogP contribution < -0.4 is 10.6 Å². The number of urea groups is 1. The summed E-state index contributed by atoms with van der Waals surface area (Å²) in [6.07, 6.45) is 0.471. The standard InChI is InChI=1S/C14H18N2O2/c1-3-15-14(18)16-13-8-7-12(11(2)10-13)6-4-5-9-17/h7-8,10,17H,3,5,9H2,1-2H3,(H2,15,16,18). The highest BCUT2D eigenvalue weighted by Gasteiger charge is 2.01. The van der Waals surface area contributed by atoms with E-state index in [1.54, 1.807) is 0 Å². The van der Waals surface area contributed by atoms with E-state index in [-0.39, 0.29) is 12.6 Å². The van der Waals surface area contributed by atoms with Crippen molar-refractivity contribution in [3.05, 3.63) is 29.3 Å². The molecule has 0 aromatic heterocycles. The minimum atomic E-state index is -0.212. The van der Waals surface area contributed by atoms with Crippen molar-refractivity contribution in [3.8, 4) is 11.8 Å². The average Bonchev–Trinajstić information content (AvgIpc) is 2.32. The first-order valence-corrected chi connectivity index (χ1v) is 5.92. The topological polar surface area (TPSA) is 61.4 Å². The van der Waals surface area contributed by atoms with Gasteiger partial charge in [0.25, 0.3) is 0 Å². The van der Waals surface area contributed by atoms with Crippen LogP contribution in [-0.2, 0) is 0 Å². The number of rotatable bonds is 3. The van der Waals surface area contributed by atoms with Gasteiger partial charge in [-0.3, -0.25) is 0 Å². The van der Waals surface area contributed by atoms with Gasteiger partial charge in [-0.25, -0.2) is 4.79 Å². The summed E-state index contributed by atoms with van der Waals surface area (Å²) in [4.78, 5) is 11.3. The Labute approximate surface area is 107 Å². The van der Waals surface area contributed by atoms with Gasteiger partial charge in [0.15, 0.2) is 0 Å². The van der Waals surface area contributed by atoms with Gasteiger partial charge in [0, 0.05) is 24.2 Å². The van der Waals surface area contributed by atoms with Crippen molar-refractivity contribution < 1.29 is 9.90 Å². The Morgan fingerprint density at radius 2 is 2.22 bits per heavy atom. The number of amides is 2. The highest BCUT2D eigenvalue weighted by atomic mass is 16.2. The Hall–Kier alpha value is -1.99. The highest BCUT2D eigenvalue weighted by molar-refractivity contribution is 5.89. The molecule has 4 heteroatoms. The Bertz CT molecular complexity index is 472. The predicted molar refractivity (Wildman–Crippen MR) is 72.5 cm³/mol. The van der Waals surface area contributed by atoms with Gasteiger partial charge in [-0.15, -0.1) is 0 Å². The monoisotopic (exact) mass is 246 g/mol. The molecule has 3 N–H and O–H groups in total. The normalized spacial score (nSPS) is 9.28.